The first-order chi connectivity index (χ1) is 12.5. The van der Waals surface area contributed by atoms with E-state index in [0.29, 0.717) is 12.3 Å². The molecule has 1 N–H and O–H groups in total. The molecule has 0 fully saturated rings. The van der Waals surface area contributed by atoms with Crippen LogP contribution < -0.4 is 5.32 Å². The second kappa shape index (κ2) is 7.70. The van der Waals surface area contributed by atoms with E-state index in [1.54, 1.807) is 30.1 Å². The topological polar surface area (TPSA) is 56.1 Å². The zero-order valence-electron chi connectivity index (χ0n) is 13.8. The molecule has 1 aliphatic carbocycles. The molecule has 0 saturated heterocycles. The Morgan fingerprint density at radius 3 is 2.77 bits per heavy atom. The molecule has 26 heavy (non-hydrogen) atoms. The van der Waals surface area contributed by atoms with Crippen molar-refractivity contribution in [2.24, 2.45) is 5.92 Å². The molecule has 0 aliphatic heterocycles. The third-order valence-corrected chi connectivity index (χ3v) is 4.41. The van der Waals surface area contributed by atoms with E-state index in [-0.39, 0.29) is 17.1 Å². The lowest BCUT2D eigenvalue weighted by Gasteiger charge is -2.20. The van der Waals surface area contributed by atoms with Crippen molar-refractivity contribution in [1.29, 1.82) is 0 Å². The number of amides is 1. The quantitative estimate of drug-likeness (QED) is 0.805. The molecule has 1 heterocycles. The van der Waals surface area contributed by atoms with Gasteiger partial charge in [0.05, 0.1) is 12.5 Å². The third kappa shape index (κ3) is 3.94. The largest absolute Gasteiger partial charge is 0.497 e. The summed E-state index contributed by atoms with van der Waals surface area (Å²) in [4.78, 5) is 12.1. The number of nitrogens with one attached hydrogen (secondary N) is 1. The Bertz CT molecular complexity index is 859. The molecule has 0 saturated carbocycles. The number of carbonyl (C=O) groups excluding carboxylic acids is 1. The Hall–Kier alpha value is -2.67. The van der Waals surface area contributed by atoms with Crippen LogP contribution >= 0.6 is 11.6 Å². The monoisotopic (exact) mass is 379 g/mol. The van der Waals surface area contributed by atoms with Crippen LogP contribution in [0.15, 0.2) is 54.4 Å². The van der Waals surface area contributed by atoms with Crippen LogP contribution in [-0.4, -0.2) is 28.2 Å². The van der Waals surface area contributed by atoms with E-state index in [9.17, 15) is 13.6 Å². The number of hydrogen-bond acceptors (Lipinski definition) is 3. The molecular weight excluding hydrogens is 364 g/mol. The fourth-order valence-electron chi connectivity index (χ4n) is 2.62. The van der Waals surface area contributed by atoms with Gasteiger partial charge in [0.2, 0.25) is 0 Å². The second-order valence-electron chi connectivity index (χ2n) is 5.71. The van der Waals surface area contributed by atoms with Crippen molar-refractivity contribution < 1.29 is 18.3 Å². The summed E-state index contributed by atoms with van der Waals surface area (Å²) >= 11 is 6.28. The molecule has 8 heteroatoms. The van der Waals surface area contributed by atoms with E-state index in [0.717, 1.165) is 12.1 Å². The van der Waals surface area contributed by atoms with Gasteiger partial charge in [0.15, 0.2) is 5.82 Å². The number of ether oxygens (including phenoxy) is 1. The van der Waals surface area contributed by atoms with Gasteiger partial charge >= 0.3 is 0 Å². The van der Waals surface area contributed by atoms with Crippen molar-refractivity contribution in [3.05, 3.63) is 71.6 Å². The van der Waals surface area contributed by atoms with Crippen LogP contribution in [0.5, 0.6) is 0 Å². The van der Waals surface area contributed by atoms with Crippen LogP contribution in [0.25, 0.3) is 0 Å². The molecule has 136 valence electrons. The van der Waals surface area contributed by atoms with Gasteiger partial charge in [-0.2, -0.15) is 5.10 Å². The maximum atomic E-state index is 13.7. The maximum Gasteiger partial charge on any atom is 0.262 e. The van der Waals surface area contributed by atoms with Crippen LogP contribution in [-0.2, 0) is 11.3 Å². The molecule has 1 aliphatic rings. The number of methoxy groups -OCH3 is 1. The van der Waals surface area contributed by atoms with Crippen molar-refractivity contribution in [2.75, 3.05) is 12.4 Å². The van der Waals surface area contributed by atoms with Gasteiger partial charge in [-0.15, -0.1) is 11.6 Å². The summed E-state index contributed by atoms with van der Waals surface area (Å²) in [5.41, 5.74) is -0.645. The Kier molecular flexibility index (Phi) is 5.37. The van der Waals surface area contributed by atoms with Gasteiger partial charge in [-0.1, -0.05) is 12.1 Å². The predicted molar refractivity (Wildman–Crippen MR) is 93.9 cm³/mol. The van der Waals surface area contributed by atoms with Gasteiger partial charge in [0.25, 0.3) is 5.91 Å². The molecule has 2 unspecified atom stereocenters. The Balaban J connectivity index is 1.69. The minimum absolute atomic E-state index is 0.0518. The summed E-state index contributed by atoms with van der Waals surface area (Å²) in [6.45, 7) is 0.454. The Morgan fingerprint density at radius 1 is 1.35 bits per heavy atom. The normalized spacial score (nSPS) is 19.2. The summed E-state index contributed by atoms with van der Waals surface area (Å²) < 4.78 is 34.1. The molecule has 0 spiro atoms. The summed E-state index contributed by atoms with van der Waals surface area (Å²) in [5.74, 6) is -1.92. The number of carbonyl (C=O) groups is 1. The number of anilines is 1. The SMILES string of the molecule is COC1=CC(Cn2ccc(NC(=O)c3c(F)cccc3F)n2)C(Cl)C=C1. The van der Waals surface area contributed by atoms with Crippen molar-refractivity contribution in [3.8, 4) is 0 Å². The van der Waals surface area contributed by atoms with E-state index in [1.807, 2.05) is 12.2 Å². The molecule has 2 aromatic rings. The van der Waals surface area contributed by atoms with E-state index < -0.39 is 23.1 Å². The second-order valence-corrected chi connectivity index (χ2v) is 6.22. The lowest BCUT2D eigenvalue weighted by molar-refractivity contribution is 0.101. The summed E-state index contributed by atoms with van der Waals surface area (Å²) in [5, 5.41) is 6.37. The highest BCUT2D eigenvalue weighted by Crippen LogP contribution is 2.24. The number of nitrogens with zero attached hydrogens (tertiary/aromatic N) is 2. The average Bonchev–Trinajstić information content (AvgIpc) is 3.03. The number of rotatable bonds is 5. The van der Waals surface area contributed by atoms with Crippen LogP contribution in [0.4, 0.5) is 14.6 Å². The van der Waals surface area contributed by atoms with Gasteiger partial charge in [-0.25, -0.2) is 8.78 Å². The zero-order chi connectivity index (χ0) is 18.7. The smallest absolute Gasteiger partial charge is 0.262 e. The molecule has 1 aromatic carbocycles. The fraction of sp³-hybridized carbons (Fsp3) is 0.222. The molecule has 0 bridgehead atoms. The first-order valence-electron chi connectivity index (χ1n) is 7.85. The summed E-state index contributed by atoms with van der Waals surface area (Å²) in [7, 11) is 1.57. The molecule has 1 amide bonds. The van der Waals surface area contributed by atoms with E-state index >= 15 is 0 Å². The molecule has 2 atom stereocenters. The van der Waals surface area contributed by atoms with Crippen LogP contribution in [0, 0.1) is 17.6 Å². The van der Waals surface area contributed by atoms with Gasteiger partial charge in [-0.05, 0) is 24.3 Å². The minimum Gasteiger partial charge on any atom is -0.497 e. The number of benzene rings is 1. The molecular formula is C18H16ClF2N3O2. The molecule has 1 aromatic heterocycles. The van der Waals surface area contributed by atoms with Crippen molar-refractivity contribution in [3.63, 3.8) is 0 Å². The number of allylic oxidation sites excluding steroid dienone is 3. The lowest BCUT2D eigenvalue weighted by atomic mass is 9.99. The fourth-order valence-corrected chi connectivity index (χ4v) is 2.84. The molecule has 0 radical (unpaired) electrons. The summed E-state index contributed by atoms with van der Waals surface area (Å²) in [6.07, 6.45) is 7.17. The third-order valence-electron chi connectivity index (χ3n) is 3.94. The zero-order valence-corrected chi connectivity index (χ0v) is 14.6. The molecule has 5 nitrogen and oxygen atoms in total. The van der Waals surface area contributed by atoms with Crippen molar-refractivity contribution >= 4 is 23.3 Å². The summed E-state index contributed by atoms with van der Waals surface area (Å²) in [6, 6.07) is 4.78. The first kappa shape index (κ1) is 18.1. The first-order valence-corrected chi connectivity index (χ1v) is 8.28. The highest BCUT2D eigenvalue weighted by molar-refractivity contribution is 6.22. The van der Waals surface area contributed by atoms with E-state index in [1.165, 1.54) is 6.07 Å². The van der Waals surface area contributed by atoms with Crippen molar-refractivity contribution in [1.82, 2.24) is 9.78 Å². The van der Waals surface area contributed by atoms with Gasteiger partial charge in [0.1, 0.15) is 23.0 Å². The lowest BCUT2D eigenvalue weighted by Crippen LogP contribution is -2.21. The minimum atomic E-state index is -0.932. The Labute approximate surface area is 153 Å². The van der Waals surface area contributed by atoms with Crippen LogP contribution in [0.2, 0.25) is 0 Å². The number of aromatic nitrogens is 2. The van der Waals surface area contributed by atoms with E-state index in [4.69, 9.17) is 16.3 Å². The van der Waals surface area contributed by atoms with Gasteiger partial charge in [-0.3, -0.25) is 9.48 Å². The Morgan fingerprint density at radius 2 is 2.08 bits per heavy atom. The number of halogens is 3. The standard InChI is InChI=1S/C18H16ClF2N3O2/c1-26-12-5-6-13(19)11(9-12)10-24-8-7-16(23-24)22-18(25)17-14(20)3-2-4-15(17)21/h2-9,11,13H,10H2,1H3,(H,22,23,25). The number of hydrogen-bond donors (Lipinski definition) is 1. The van der Waals surface area contributed by atoms with Gasteiger partial charge in [0, 0.05) is 24.7 Å². The molecule has 3 rings (SSSR count). The average molecular weight is 380 g/mol. The predicted octanol–water partition coefficient (Wildman–Crippen LogP) is 3.74. The van der Waals surface area contributed by atoms with E-state index in [2.05, 4.69) is 10.4 Å². The van der Waals surface area contributed by atoms with Crippen LogP contribution in [0.3, 0.4) is 0 Å². The van der Waals surface area contributed by atoms with Gasteiger partial charge < -0.3 is 10.1 Å². The van der Waals surface area contributed by atoms with Crippen LogP contribution in [0.1, 0.15) is 10.4 Å². The highest BCUT2D eigenvalue weighted by atomic mass is 35.5. The maximum absolute atomic E-state index is 13.7. The highest BCUT2D eigenvalue weighted by Gasteiger charge is 2.21. The van der Waals surface area contributed by atoms with Crippen molar-refractivity contribution in [2.45, 2.75) is 11.9 Å². The number of alkyl halides is 1.